The van der Waals surface area contributed by atoms with E-state index in [1.807, 2.05) is 0 Å². The zero-order valence-electron chi connectivity index (χ0n) is 16.6. The molecule has 1 atom stereocenters. The number of fused-ring (bicyclic) bond motifs is 3. The van der Waals surface area contributed by atoms with Gasteiger partial charge in [0.05, 0.1) is 35.9 Å². The molecular formula is C20H23FN8O. The second-order valence-corrected chi connectivity index (χ2v) is 7.50. The van der Waals surface area contributed by atoms with Gasteiger partial charge in [0.1, 0.15) is 28.9 Å². The maximum atomic E-state index is 14.3. The van der Waals surface area contributed by atoms with Crippen molar-refractivity contribution in [2.45, 2.75) is 25.6 Å². The van der Waals surface area contributed by atoms with Gasteiger partial charge in [0.2, 0.25) is 0 Å². The molecule has 156 valence electrons. The Hall–Kier alpha value is -3.24. The summed E-state index contributed by atoms with van der Waals surface area (Å²) in [6.07, 6.45) is 3.96. The van der Waals surface area contributed by atoms with Gasteiger partial charge < -0.3 is 30.7 Å². The van der Waals surface area contributed by atoms with Gasteiger partial charge in [-0.15, -0.1) is 0 Å². The van der Waals surface area contributed by atoms with Gasteiger partial charge in [-0.2, -0.15) is 0 Å². The van der Waals surface area contributed by atoms with Crippen LogP contribution >= 0.6 is 0 Å². The van der Waals surface area contributed by atoms with Crippen molar-refractivity contribution in [3.05, 3.63) is 42.1 Å². The molecule has 1 fully saturated rings. The third-order valence-corrected chi connectivity index (χ3v) is 5.41. The first-order valence-electron chi connectivity index (χ1n) is 9.90. The van der Waals surface area contributed by atoms with E-state index in [0.29, 0.717) is 36.8 Å². The largest absolute Gasteiger partial charge is 0.447 e. The minimum absolute atomic E-state index is 0.0952. The van der Waals surface area contributed by atoms with E-state index in [2.05, 4.69) is 25.5 Å². The summed E-state index contributed by atoms with van der Waals surface area (Å²) < 4.78 is 19.5. The fraction of sp³-hybridized carbons (Fsp3) is 0.350. The summed E-state index contributed by atoms with van der Waals surface area (Å²) in [6.45, 7) is 2.48. The summed E-state index contributed by atoms with van der Waals surface area (Å²) >= 11 is 0. The number of nitrogens with one attached hydrogen (secondary N) is 3. The maximum absolute atomic E-state index is 14.3. The van der Waals surface area contributed by atoms with Gasteiger partial charge in [0.15, 0.2) is 6.39 Å². The van der Waals surface area contributed by atoms with Gasteiger partial charge in [-0.25, -0.2) is 19.3 Å². The second kappa shape index (κ2) is 7.54. The lowest BCUT2D eigenvalue weighted by Crippen LogP contribution is -2.27. The fourth-order valence-corrected chi connectivity index (χ4v) is 4.00. The van der Waals surface area contributed by atoms with E-state index in [4.69, 9.17) is 20.1 Å². The Kier molecular flexibility index (Phi) is 4.72. The van der Waals surface area contributed by atoms with Crippen molar-refractivity contribution in [2.24, 2.45) is 5.73 Å². The van der Waals surface area contributed by atoms with Crippen LogP contribution in [0.2, 0.25) is 0 Å². The molecule has 5 rings (SSSR count). The molecule has 0 bridgehead atoms. The van der Waals surface area contributed by atoms with Crippen molar-refractivity contribution in [3.63, 3.8) is 0 Å². The Morgan fingerprint density at radius 2 is 2.23 bits per heavy atom. The maximum Gasteiger partial charge on any atom is 0.180 e. The molecule has 1 aromatic carbocycles. The van der Waals surface area contributed by atoms with E-state index in [9.17, 15) is 4.39 Å². The normalized spacial score (nSPS) is 16.8. The molecule has 1 aliphatic heterocycles. The SMILES string of the molecule is CNc1cc(F)cc2c1[nH]c1nc(CNCc3cnco3)nc(N3CCC(N)C3)c12. The Bertz CT molecular complexity index is 1190. The van der Waals surface area contributed by atoms with Crippen LogP contribution in [0.15, 0.2) is 29.1 Å². The standard InChI is InChI=1S/C20H23FN8O/c1-23-15-5-11(21)4-14-17-19(28-18(14)15)26-16(8-24-6-13-7-25-10-30-13)27-20(17)29-3-2-12(22)9-29/h4-5,7,10,12,23-24H,2-3,6,8-9,22H2,1H3,(H,26,27,28). The molecular weight excluding hydrogens is 387 g/mol. The highest BCUT2D eigenvalue weighted by Crippen LogP contribution is 2.36. The summed E-state index contributed by atoms with van der Waals surface area (Å²) in [4.78, 5) is 19.0. The Labute approximate surface area is 171 Å². The molecule has 1 aliphatic rings. The number of rotatable bonds is 6. The highest BCUT2D eigenvalue weighted by atomic mass is 19.1. The molecule has 0 aliphatic carbocycles. The Morgan fingerprint density at radius 1 is 1.33 bits per heavy atom. The number of aromatic amines is 1. The molecule has 5 N–H and O–H groups in total. The third kappa shape index (κ3) is 3.33. The van der Waals surface area contributed by atoms with E-state index >= 15 is 0 Å². The highest BCUT2D eigenvalue weighted by Gasteiger charge is 2.25. The van der Waals surface area contributed by atoms with Gasteiger partial charge in [-0.1, -0.05) is 0 Å². The number of hydrogen-bond donors (Lipinski definition) is 4. The van der Waals surface area contributed by atoms with Crippen molar-refractivity contribution >= 4 is 33.4 Å². The number of benzene rings is 1. The van der Waals surface area contributed by atoms with Gasteiger partial charge >= 0.3 is 0 Å². The molecule has 4 heterocycles. The molecule has 1 saturated heterocycles. The summed E-state index contributed by atoms with van der Waals surface area (Å²) in [6, 6.07) is 3.09. The first-order chi connectivity index (χ1) is 14.6. The van der Waals surface area contributed by atoms with Crippen LogP contribution in [0.4, 0.5) is 15.9 Å². The van der Waals surface area contributed by atoms with E-state index in [1.54, 1.807) is 13.2 Å². The van der Waals surface area contributed by atoms with Crippen molar-refractivity contribution in [1.29, 1.82) is 0 Å². The zero-order chi connectivity index (χ0) is 20.7. The minimum Gasteiger partial charge on any atom is -0.447 e. The van der Waals surface area contributed by atoms with Crippen LogP contribution in [0, 0.1) is 5.82 Å². The predicted molar refractivity (Wildman–Crippen MR) is 113 cm³/mol. The number of nitrogens with two attached hydrogens (primary N) is 1. The van der Waals surface area contributed by atoms with Crippen LogP contribution in [-0.2, 0) is 13.1 Å². The molecule has 30 heavy (non-hydrogen) atoms. The van der Waals surface area contributed by atoms with Crippen molar-refractivity contribution < 1.29 is 8.81 Å². The fourth-order valence-electron chi connectivity index (χ4n) is 4.00. The van der Waals surface area contributed by atoms with E-state index in [-0.39, 0.29) is 11.9 Å². The van der Waals surface area contributed by atoms with E-state index in [0.717, 1.165) is 40.8 Å². The lowest BCUT2D eigenvalue weighted by molar-refractivity contribution is 0.476. The third-order valence-electron chi connectivity index (χ3n) is 5.41. The summed E-state index contributed by atoms with van der Waals surface area (Å²) in [5, 5.41) is 7.89. The quantitative estimate of drug-likeness (QED) is 0.381. The Morgan fingerprint density at radius 3 is 2.97 bits per heavy atom. The van der Waals surface area contributed by atoms with Crippen LogP contribution in [0.5, 0.6) is 0 Å². The molecule has 0 spiro atoms. The monoisotopic (exact) mass is 410 g/mol. The molecule has 3 aromatic heterocycles. The molecule has 0 saturated carbocycles. The number of oxazole rings is 1. The van der Waals surface area contributed by atoms with Gasteiger partial charge in [0.25, 0.3) is 0 Å². The molecule has 9 nitrogen and oxygen atoms in total. The molecule has 0 amide bonds. The number of hydrogen-bond acceptors (Lipinski definition) is 8. The lowest BCUT2D eigenvalue weighted by atomic mass is 10.1. The molecule has 4 aromatic rings. The predicted octanol–water partition coefficient (Wildman–Crippen LogP) is 2.11. The topological polar surface area (TPSA) is 121 Å². The average Bonchev–Trinajstić information content (AvgIpc) is 3.47. The first-order valence-corrected chi connectivity index (χ1v) is 9.90. The van der Waals surface area contributed by atoms with Crippen molar-refractivity contribution in [3.8, 4) is 0 Å². The lowest BCUT2D eigenvalue weighted by Gasteiger charge is -2.19. The van der Waals surface area contributed by atoms with Crippen LogP contribution in [-0.4, -0.2) is 46.1 Å². The van der Waals surface area contributed by atoms with Crippen molar-refractivity contribution in [2.75, 3.05) is 30.4 Å². The van der Waals surface area contributed by atoms with Gasteiger partial charge in [-0.3, -0.25) is 0 Å². The van der Waals surface area contributed by atoms with Crippen LogP contribution in [0.1, 0.15) is 18.0 Å². The number of aromatic nitrogens is 4. The zero-order valence-corrected chi connectivity index (χ0v) is 16.6. The van der Waals surface area contributed by atoms with E-state index < -0.39 is 0 Å². The number of anilines is 2. The van der Waals surface area contributed by atoms with E-state index in [1.165, 1.54) is 18.5 Å². The average molecular weight is 410 g/mol. The summed E-state index contributed by atoms with van der Waals surface area (Å²) in [5.41, 5.74) is 8.30. The summed E-state index contributed by atoms with van der Waals surface area (Å²) in [5.74, 6) is 1.84. The van der Waals surface area contributed by atoms with Crippen LogP contribution in [0.3, 0.4) is 0 Å². The Balaban J connectivity index is 1.59. The smallest absolute Gasteiger partial charge is 0.180 e. The summed E-state index contributed by atoms with van der Waals surface area (Å²) in [7, 11) is 1.77. The first kappa shape index (κ1) is 18.8. The number of halogens is 1. The molecule has 1 unspecified atom stereocenters. The molecule has 10 heteroatoms. The van der Waals surface area contributed by atoms with Crippen molar-refractivity contribution in [1.82, 2.24) is 25.3 Å². The van der Waals surface area contributed by atoms with Crippen LogP contribution in [0.25, 0.3) is 21.9 Å². The minimum atomic E-state index is -0.311. The second-order valence-electron chi connectivity index (χ2n) is 7.50. The van der Waals surface area contributed by atoms with Crippen LogP contribution < -0.4 is 21.3 Å². The number of nitrogens with zero attached hydrogens (tertiary/aromatic N) is 4. The number of H-pyrrole nitrogens is 1. The molecule has 0 radical (unpaired) electrons. The van der Waals surface area contributed by atoms with Gasteiger partial charge in [0, 0.05) is 31.6 Å². The highest BCUT2D eigenvalue weighted by molar-refractivity contribution is 6.14. The van der Waals surface area contributed by atoms with Gasteiger partial charge in [-0.05, 0) is 18.6 Å².